The lowest BCUT2D eigenvalue weighted by Crippen LogP contribution is -2.39. The quantitative estimate of drug-likeness (QED) is 0.382. The van der Waals surface area contributed by atoms with Crippen LogP contribution in [0.15, 0.2) is 35.3 Å². The van der Waals surface area contributed by atoms with Crippen LogP contribution in [0.5, 0.6) is 0 Å². The highest BCUT2D eigenvalue weighted by Gasteiger charge is 2.18. The Morgan fingerprint density at radius 3 is 2.54 bits per heavy atom. The van der Waals surface area contributed by atoms with Crippen LogP contribution in [0.25, 0.3) is 0 Å². The minimum atomic E-state index is 0.695. The summed E-state index contributed by atoms with van der Waals surface area (Å²) in [6.07, 6.45) is 6.33. The van der Waals surface area contributed by atoms with E-state index in [9.17, 15) is 0 Å². The van der Waals surface area contributed by atoms with Gasteiger partial charge in [-0.2, -0.15) is 0 Å². The molecule has 5 nitrogen and oxygen atoms in total. The largest absolute Gasteiger partial charge is 0.383 e. The van der Waals surface area contributed by atoms with E-state index in [1.54, 1.807) is 7.11 Å². The number of nitrogens with one attached hydrogen (secondary N) is 2. The third-order valence-corrected chi connectivity index (χ3v) is 5.09. The molecule has 2 rings (SSSR count). The van der Waals surface area contributed by atoms with Crippen molar-refractivity contribution in [3.63, 3.8) is 0 Å². The van der Waals surface area contributed by atoms with Crippen molar-refractivity contribution in [1.82, 2.24) is 15.5 Å². The van der Waals surface area contributed by atoms with Crippen LogP contribution in [0.4, 0.5) is 0 Å². The molecular formula is C21H36N4O. The van der Waals surface area contributed by atoms with E-state index in [-0.39, 0.29) is 0 Å². The Hall–Kier alpha value is -1.59. The second-order valence-corrected chi connectivity index (χ2v) is 7.10. The first kappa shape index (κ1) is 20.7. The van der Waals surface area contributed by atoms with Gasteiger partial charge in [-0.25, -0.2) is 0 Å². The van der Waals surface area contributed by atoms with Crippen LogP contribution in [-0.4, -0.2) is 64.3 Å². The molecule has 0 radical (unpaired) electrons. The lowest BCUT2D eigenvalue weighted by Gasteiger charge is -2.32. The summed E-state index contributed by atoms with van der Waals surface area (Å²) in [5, 5.41) is 6.60. The Bertz CT molecular complexity index is 498. The molecule has 0 aromatic heterocycles. The zero-order valence-corrected chi connectivity index (χ0v) is 16.5. The first-order valence-corrected chi connectivity index (χ1v) is 10.0. The number of nitrogens with zero attached hydrogens (tertiary/aromatic N) is 2. The number of rotatable bonds is 10. The lowest BCUT2D eigenvalue weighted by atomic mass is 9.90. The van der Waals surface area contributed by atoms with Gasteiger partial charge in [0.2, 0.25) is 0 Å². The molecule has 0 spiro atoms. The van der Waals surface area contributed by atoms with E-state index < -0.39 is 0 Å². The molecule has 26 heavy (non-hydrogen) atoms. The summed E-state index contributed by atoms with van der Waals surface area (Å²) in [4.78, 5) is 6.85. The normalized spacial score (nSPS) is 16.6. The number of likely N-dealkylation sites (tertiary alicyclic amines) is 1. The smallest absolute Gasteiger partial charge is 0.191 e. The SMILES string of the molecule is CN=C(NCCCCN1CCC(Cc2ccccc2)CC1)NCCOC. The number of methoxy groups -OCH3 is 1. The van der Waals surface area contributed by atoms with Crippen molar-refractivity contribution in [1.29, 1.82) is 0 Å². The van der Waals surface area contributed by atoms with Crippen molar-refractivity contribution in [2.45, 2.75) is 32.1 Å². The summed E-state index contributed by atoms with van der Waals surface area (Å²) >= 11 is 0. The summed E-state index contributed by atoms with van der Waals surface area (Å²) in [6.45, 7) is 6.18. The predicted molar refractivity (Wildman–Crippen MR) is 110 cm³/mol. The molecule has 1 fully saturated rings. The van der Waals surface area contributed by atoms with Crippen LogP contribution in [0.3, 0.4) is 0 Å². The van der Waals surface area contributed by atoms with Crippen molar-refractivity contribution in [3.05, 3.63) is 35.9 Å². The third-order valence-electron chi connectivity index (χ3n) is 5.09. The molecule has 0 saturated carbocycles. The number of aliphatic imine (C=N–C) groups is 1. The number of hydrogen-bond acceptors (Lipinski definition) is 3. The Kier molecular flexibility index (Phi) is 10.1. The number of guanidine groups is 1. The van der Waals surface area contributed by atoms with Gasteiger partial charge in [-0.3, -0.25) is 4.99 Å². The number of benzene rings is 1. The zero-order chi connectivity index (χ0) is 18.5. The van der Waals surface area contributed by atoms with Gasteiger partial charge in [0, 0.05) is 27.2 Å². The lowest BCUT2D eigenvalue weighted by molar-refractivity contribution is 0.181. The molecule has 1 saturated heterocycles. The first-order valence-electron chi connectivity index (χ1n) is 10.0. The molecule has 0 atom stereocenters. The van der Waals surface area contributed by atoms with Crippen molar-refractivity contribution in [2.24, 2.45) is 10.9 Å². The van der Waals surface area contributed by atoms with Crippen molar-refractivity contribution in [3.8, 4) is 0 Å². The maximum atomic E-state index is 5.04. The summed E-state index contributed by atoms with van der Waals surface area (Å²) in [7, 11) is 3.52. The third kappa shape index (κ3) is 8.19. The average Bonchev–Trinajstić information content (AvgIpc) is 2.68. The van der Waals surface area contributed by atoms with Crippen molar-refractivity contribution >= 4 is 5.96 Å². The fourth-order valence-corrected chi connectivity index (χ4v) is 3.52. The van der Waals surface area contributed by atoms with E-state index >= 15 is 0 Å². The van der Waals surface area contributed by atoms with E-state index in [0.29, 0.717) is 6.61 Å². The summed E-state index contributed by atoms with van der Waals surface area (Å²) in [5.41, 5.74) is 1.49. The van der Waals surface area contributed by atoms with E-state index in [4.69, 9.17) is 4.74 Å². The Balaban J connectivity index is 1.51. The van der Waals surface area contributed by atoms with Crippen molar-refractivity contribution in [2.75, 3.05) is 53.5 Å². The van der Waals surface area contributed by atoms with Crippen LogP contribution in [0, 0.1) is 5.92 Å². The minimum Gasteiger partial charge on any atom is -0.383 e. The molecular weight excluding hydrogens is 324 g/mol. The Morgan fingerprint density at radius 2 is 1.85 bits per heavy atom. The standard InChI is InChI=1S/C21H36N4O/c1-22-21(24-13-17-26-2)23-12-6-7-14-25-15-10-20(11-16-25)18-19-8-4-3-5-9-19/h3-5,8-9,20H,6-7,10-18H2,1-2H3,(H2,22,23,24). The molecule has 1 aliphatic heterocycles. The van der Waals surface area contributed by atoms with Gasteiger partial charge >= 0.3 is 0 Å². The van der Waals surface area contributed by atoms with E-state index in [2.05, 4.69) is 50.9 Å². The molecule has 1 aromatic carbocycles. The van der Waals surface area contributed by atoms with Gasteiger partial charge in [-0.15, -0.1) is 0 Å². The predicted octanol–water partition coefficient (Wildman–Crippen LogP) is 2.53. The second kappa shape index (κ2) is 12.7. The number of ether oxygens (including phenoxy) is 1. The van der Waals surface area contributed by atoms with Crippen LogP contribution in [-0.2, 0) is 11.2 Å². The monoisotopic (exact) mass is 360 g/mol. The molecule has 2 N–H and O–H groups in total. The van der Waals surface area contributed by atoms with Gasteiger partial charge in [0.25, 0.3) is 0 Å². The van der Waals surface area contributed by atoms with Crippen LogP contribution in [0.1, 0.15) is 31.2 Å². The molecule has 0 aliphatic carbocycles. The first-order chi connectivity index (χ1) is 12.8. The van der Waals surface area contributed by atoms with Gasteiger partial charge in [0.05, 0.1) is 6.61 Å². The van der Waals surface area contributed by atoms with Crippen LogP contribution >= 0.6 is 0 Å². The van der Waals surface area contributed by atoms with E-state index in [1.807, 2.05) is 7.05 Å². The molecule has 5 heteroatoms. The highest BCUT2D eigenvalue weighted by molar-refractivity contribution is 5.79. The fraction of sp³-hybridized carbons (Fsp3) is 0.667. The van der Waals surface area contributed by atoms with Gasteiger partial charge < -0.3 is 20.3 Å². The van der Waals surface area contributed by atoms with Gasteiger partial charge in [-0.1, -0.05) is 30.3 Å². The second-order valence-electron chi connectivity index (χ2n) is 7.10. The summed E-state index contributed by atoms with van der Waals surface area (Å²) in [5.74, 6) is 1.72. The molecule has 1 heterocycles. The summed E-state index contributed by atoms with van der Waals surface area (Å²) < 4.78 is 5.04. The topological polar surface area (TPSA) is 48.9 Å². The van der Waals surface area contributed by atoms with Crippen molar-refractivity contribution < 1.29 is 4.74 Å². The highest BCUT2D eigenvalue weighted by Crippen LogP contribution is 2.21. The fourth-order valence-electron chi connectivity index (χ4n) is 3.52. The average molecular weight is 361 g/mol. The van der Waals surface area contributed by atoms with Crippen LogP contribution < -0.4 is 10.6 Å². The molecule has 1 aliphatic rings. The highest BCUT2D eigenvalue weighted by atomic mass is 16.5. The van der Waals surface area contributed by atoms with Gasteiger partial charge in [-0.05, 0) is 63.2 Å². The maximum absolute atomic E-state index is 5.04. The maximum Gasteiger partial charge on any atom is 0.191 e. The zero-order valence-electron chi connectivity index (χ0n) is 16.5. The molecule has 0 unspecified atom stereocenters. The molecule has 0 amide bonds. The minimum absolute atomic E-state index is 0.695. The Labute approximate surface area is 159 Å². The van der Waals surface area contributed by atoms with E-state index in [0.717, 1.165) is 25.0 Å². The van der Waals surface area contributed by atoms with Gasteiger partial charge in [0.15, 0.2) is 5.96 Å². The van der Waals surface area contributed by atoms with Crippen LogP contribution in [0.2, 0.25) is 0 Å². The molecule has 0 bridgehead atoms. The summed E-state index contributed by atoms with van der Waals surface area (Å²) in [6, 6.07) is 10.9. The Morgan fingerprint density at radius 1 is 1.12 bits per heavy atom. The number of hydrogen-bond donors (Lipinski definition) is 2. The molecule has 146 valence electrons. The number of unbranched alkanes of at least 4 members (excludes halogenated alkanes) is 1. The van der Waals surface area contributed by atoms with E-state index in [1.165, 1.54) is 57.3 Å². The number of piperidine rings is 1. The molecule has 1 aromatic rings. The van der Waals surface area contributed by atoms with Gasteiger partial charge in [0.1, 0.15) is 0 Å².